The zero-order chi connectivity index (χ0) is 20.8. The topological polar surface area (TPSA) is 75.3 Å². The molecule has 2 N–H and O–H groups in total. The molecule has 0 fully saturated rings. The van der Waals surface area contributed by atoms with Crippen molar-refractivity contribution in [3.05, 3.63) is 64.1 Å². The Balaban J connectivity index is 1.72. The van der Waals surface area contributed by atoms with Gasteiger partial charge in [-0.15, -0.1) is 0 Å². The van der Waals surface area contributed by atoms with Gasteiger partial charge in [0.2, 0.25) is 15.9 Å². The molecule has 0 aliphatic carbocycles. The van der Waals surface area contributed by atoms with Crippen LogP contribution in [0.25, 0.3) is 0 Å². The van der Waals surface area contributed by atoms with Gasteiger partial charge in [0.1, 0.15) is 0 Å². The largest absolute Gasteiger partial charge is 0.416 e. The van der Waals surface area contributed by atoms with Crippen molar-refractivity contribution >= 4 is 31.9 Å². The van der Waals surface area contributed by atoms with Gasteiger partial charge in [0.15, 0.2) is 0 Å². The van der Waals surface area contributed by atoms with Crippen molar-refractivity contribution in [2.45, 2.75) is 23.9 Å². The number of nitrogens with one attached hydrogen (secondary N) is 2. The van der Waals surface area contributed by atoms with Crippen molar-refractivity contribution < 1.29 is 26.4 Å². The molecule has 2 rings (SSSR count). The fourth-order valence-electron chi connectivity index (χ4n) is 2.29. The van der Waals surface area contributed by atoms with Gasteiger partial charge in [-0.2, -0.15) is 13.2 Å². The molecule has 0 saturated heterocycles. The van der Waals surface area contributed by atoms with Gasteiger partial charge in [0.25, 0.3) is 0 Å². The lowest BCUT2D eigenvalue weighted by Gasteiger charge is -2.09. The third-order valence-corrected chi connectivity index (χ3v) is 5.79. The lowest BCUT2D eigenvalue weighted by molar-refractivity contribution is -0.137. The maximum absolute atomic E-state index is 12.5. The summed E-state index contributed by atoms with van der Waals surface area (Å²) in [7, 11) is -3.70. The van der Waals surface area contributed by atoms with Crippen LogP contribution in [0.4, 0.5) is 13.2 Å². The second-order valence-electron chi connectivity index (χ2n) is 5.90. The minimum Gasteiger partial charge on any atom is -0.356 e. The molecule has 152 valence electrons. The van der Waals surface area contributed by atoms with Crippen LogP contribution in [0.5, 0.6) is 0 Å². The predicted octanol–water partition coefficient (Wildman–Crippen LogP) is 3.50. The van der Waals surface area contributed by atoms with Gasteiger partial charge >= 0.3 is 6.18 Å². The number of halogens is 4. The van der Waals surface area contributed by atoms with Crippen LogP contribution in [-0.4, -0.2) is 27.4 Å². The summed E-state index contributed by atoms with van der Waals surface area (Å²) in [6, 6.07) is 10.8. The fraction of sp³-hybridized carbons (Fsp3) is 0.278. The van der Waals surface area contributed by atoms with Gasteiger partial charge in [0.05, 0.1) is 10.5 Å². The van der Waals surface area contributed by atoms with Crippen molar-refractivity contribution in [1.29, 1.82) is 0 Å². The molecule has 0 bridgehead atoms. The average Bonchev–Trinajstić information content (AvgIpc) is 2.61. The second-order valence-corrected chi connectivity index (χ2v) is 8.58. The van der Waals surface area contributed by atoms with Gasteiger partial charge in [-0.25, -0.2) is 13.1 Å². The maximum atomic E-state index is 12.5. The van der Waals surface area contributed by atoms with Crippen LogP contribution in [0, 0.1) is 0 Å². The smallest absolute Gasteiger partial charge is 0.356 e. The van der Waals surface area contributed by atoms with E-state index in [0.717, 1.165) is 16.6 Å². The quantitative estimate of drug-likeness (QED) is 0.609. The highest BCUT2D eigenvalue weighted by Crippen LogP contribution is 2.29. The van der Waals surface area contributed by atoms with Gasteiger partial charge in [-0.1, -0.05) is 28.1 Å². The molecule has 0 unspecified atom stereocenters. The van der Waals surface area contributed by atoms with E-state index < -0.39 is 21.8 Å². The van der Waals surface area contributed by atoms with Crippen molar-refractivity contribution in [1.82, 2.24) is 10.0 Å². The van der Waals surface area contributed by atoms with Gasteiger partial charge in [-0.05, 0) is 48.4 Å². The van der Waals surface area contributed by atoms with E-state index in [1.807, 2.05) is 0 Å². The van der Waals surface area contributed by atoms with Gasteiger partial charge in [-0.3, -0.25) is 4.79 Å². The van der Waals surface area contributed by atoms with Crippen molar-refractivity contribution in [2.75, 3.05) is 13.1 Å². The lowest BCUT2D eigenvalue weighted by Crippen LogP contribution is -2.31. The van der Waals surface area contributed by atoms with Crippen LogP contribution >= 0.6 is 15.9 Å². The molecule has 1 amide bonds. The highest BCUT2D eigenvalue weighted by molar-refractivity contribution is 9.10. The van der Waals surface area contributed by atoms with E-state index in [2.05, 4.69) is 26.0 Å². The third kappa shape index (κ3) is 6.92. The predicted molar refractivity (Wildman–Crippen MR) is 102 cm³/mol. The van der Waals surface area contributed by atoms with Gasteiger partial charge in [0, 0.05) is 24.0 Å². The summed E-state index contributed by atoms with van der Waals surface area (Å²) < 4.78 is 64.8. The van der Waals surface area contributed by atoms with Crippen molar-refractivity contribution in [2.24, 2.45) is 0 Å². The maximum Gasteiger partial charge on any atom is 0.416 e. The average molecular weight is 479 g/mol. The van der Waals surface area contributed by atoms with Crippen LogP contribution in [0.1, 0.15) is 17.5 Å². The number of rotatable bonds is 8. The standard InChI is InChI=1S/C18H18BrF3N2O3S/c19-15-5-7-16(8-6-15)28(26,27)24-12-10-17(25)23-11-9-13-1-3-14(4-2-13)18(20,21)22/h1-8,24H,9-12H2,(H,23,25). The summed E-state index contributed by atoms with van der Waals surface area (Å²) in [5, 5.41) is 2.61. The molecule has 0 atom stereocenters. The Labute approximate surface area is 169 Å². The van der Waals surface area contributed by atoms with E-state index in [9.17, 15) is 26.4 Å². The number of amides is 1. The number of hydrogen-bond donors (Lipinski definition) is 2. The molecule has 5 nitrogen and oxygen atoms in total. The molecule has 10 heteroatoms. The Morgan fingerprint density at radius 3 is 2.14 bits per heavy atom. The van der Waals surface area contributed by atoms with Crippen LogP contribution in [0.2, 0.25) is 0 Å². The second kappa shape index (κ2) is 9.53. The molecule has 0 radical (unpaired) electrons. The molecule has 0 heterocycles. The minimum absolute atomic E-state index is 0.0528. The lowest BCUT2D eigenvalue weighted by atomic mass is 10.1. The normalized spacial score (nSPS) is 12.0. The summed E-state index contributed by atoms with van der Waals surface area (Å²) in [6.45, 7) is 0.175. The Kier molecular flexibility index (Phi) is 7.62. The van der Waals surface area contributed by atoms with Crippen molar-refractivity contribution in [3.63, 3.8) is 0 Å². The molecule has 0 aliphatic heterocycles. The number of alkyl halides is 3. The molecule has 0 saturated carbocycles. The molecular weight excluding hydrogens is 461 g/mol. The SMILES string of the molecule is O=C(CCNS(=O)(=O)c1ccc(Br)cc1)NCCc1ccc(C(F)(F)F)cc1. The fourth-order valence-corrected chi connectivity index (χ4v) is 3.59. The molecule has 0 spiro atoms. The van der Waals surface area contributed by atoms with E-state index >= 15 is 0 Å². The molecule has 2 aromatic carbocycles. The first-order valence-electron chi connectivity index (χ1n) is 8.26. The Bertz CT molecular complexity index is 899. The molecule has 2 aromatic rings. The Morgan fingerprint density at radius 2 is 1.57 bits per heavy atom. The summed E-state index contributed by atoms with van der Waals surface area (Å²) >= 11 is 3.22. The minimum atomic E-state index is -4.38. The van der Waals surface area contributed by atoms with E-state index in [1.54, 1.807) is 12.1 Å². The summed E-state index contributed by atoms with van der Waals surface area (Å²) in [6.07, 6.45) is -4.06. The first-order valence-corrected chi connectivity index (χ1v) is 10.5. The molecule has 0 aromatic heterocycles. The summed E-state index contributed by atoms with van der Waals surface area (Å²) in [5.74, 6) is -0.356. The van der Waals surface area contributed by atoms with E-state index in [0.29, 0.717) is 12.0 Å². The zero-order valence-electron chi connectivity index (χ0n) is 14.6. The third-order valence-electron chi connectivity index (χ3n) is 3.79. The Hall–Kier alpha value is -1.91. The number of carbonyl (C=O) groups is 1. The van der Waals surface area contributed by atoms with Crippen LogP contribution in [0.3, 0.4) is 0 Å². The van der Waals surface area contributed by atoms with Crippen LogP contribution in [0.15, 0.2) is 57.9 Å². The summed E-state index contributed by atoms with van der Waals surface area (Å²) in [4.78, 5) is 11.9. The van der Waals surface area contributed by atoms with E-state index in [1.165, 1.54) is 24.3 Å². The summed E-state index contributed by atoms with van der Waals surface area (Å²) in [5.41, 5.74) is -0.0671. The van der Waals surface area contributed by atoms with Crippen LogP contribution in [-0.2, 0) is 27.4 Å². The van der Waals surface area contributed by atoms with E-state index in [-0.39, 0.29) is 30.3 Å². The van der Waals surface area contributed by atoms with E-state index in [4.69, 9.17) is 0 Å². The number of carbonyl (C=O) groups excluding carboxylic acids is 1. The molecule has 0 aliphatic rings. The highest BCUT2D eigenvalue weighted by Gasteiger charge is 2.29. The zero-order valence-corrected chi connectivity index (χ0v) is 17.0. The molecule has 28 heavy (non-hydrogen) atoms. The van der Waals surface area contributed by atoms with Crippen molar-refractivity contribution in [3.8, 4) is 0 Å². The molecular formula is C18H18BrF3N2O3S. The highest BCUT2D eigenvalue weighted by atomic mass is 79.9. The monoisotopic (exact) mass is 478 g/mol. The first kappa shape index (κ1) is 22.4. The van der Waals surface area contributed by atoms with Gasteiger partial charge < -0.3 is 5.32 Å². The number of benzene rings is 2. The Morgan fingerprint density at radius 1 is 0.964 bits per heavy atom. The number of hydrogen-bond acceptors (Lipinski definition) is 3. The van der Waals surface area contributed by atoms with Crippen LogP contribution < -0.4 is 10.0 Å². The first-order chi connectivity index (χ1) is 13.1. The number of sulfonamides is 1.